The molecule has 0 spiro atoms. The van der Waals surface area contributed by atoms with Gasteiger partial charge in [0.2, 0.25) is 5.91 Å². The Bertz CT molecular complexity index is 1720. The normalized spacial score (nSPS) is 23.4. The van der Waals surface area contributed by atoms with Crippen molar-refractivity contribution in [3.05, 3.63) is 89.2 Å². The molecule has 3 aromatic heterocycles. The summed E-state index contributed by atoms with van der Waals surface area (Å²) in [6.45, 7) is 3.50. The summed E-state index contributed by atoms with van der Waals surface area (Å²) in [4.78, 5) is 48.6. The van der Waals surface area contributed by atoms with Gasteiger partial charge in [-0.05, 0) is 66.8 Å². The molecule has 2 amide bonds. The molecule has 10 nitrogen and oxygen atoms in total. The van der Waals surface area contributed by atoms with Crippen LogP contribution in [0, 0.1) is 0 Å². The first kappa shape index (κ1) is 26.8. The molecule has 6 rings (SSSR count). The van der Waals surface area contributed by atoms with Crippen LogP contribution < -0.4 is 27.8 Å². The first-order chi connectivity index (χ1) is 19.7. The van der Waals surface area contributed by atoms with Gasteiger partial charge in [0.1, 0.15) is 5.54 Å². The zero-order valence-electron chi connectivity index (χ0n) is 22.1. The molecule has 4 aromatic rings. The average Bonchev–Trinajstić information content (AvgIpc) is 3.61. The lowest BCUT2D eigenvalue weighted by molar-refractivity contribution is -0.124. The predicted octanol–water partition coefficient (Wildman–Crippen LogP) is 2.68. The summed E-state index contributed by atoms with van der Waals surface area (Å²) in [6, 6.07) is 8.93. The van der Waals surface area contributed by atoms with E-state index in [0.717, 1.165) is 18.4 Å². The number of nitrogens with one attached hydrogen (secondary N) is 2. The van der Waals surface area contributed by atoms with Gasteiger partial charge in [0.05, 0.1) is 21.3 Å². The lowest BCUT2D eigenvalue weighted by atomic mass is 9.70. The molecule has 8 N–H and O–H groups in total. The molecule has 0 radical (unpaired) electrons. The SMILES string of the molecule is C=CC(=O)N[C@@H]1CCC[C@H]1NC(=O)c1sc2c(N)ccc3c2c1C(N)C(=O)C3(N)c1ccnc(-c2cccnc2)c1. The Morgan fingerprint density at radius 3 is 2.63 bits per heavy atom. The third-order valence-corrected chi connectivity index (χ3v) is 9.29. The highest BCUT2D eigenvalue weighted by atomic mass is 32.1. The first-order valence-corrected chi connectivity index (χ1v) is 14.1. The fourth-order valence-corrected chi connectivity index (χ4v) is 7.18. The van der Waals surface area contributed by atoms with Crippen LogP contribution in [0.5, 0.6) is 0 Å². The Hall–Kier alpha value is -4.45. The number of thiophene rings is 1. The van der Waals surface area contributed by atoms with E-state index in [2.05, 4.69) is 27.2 Å². The molecule has 11 heteroatoms. The van der Waals surface area contributed by atoms with Crippen LogP contribution in [0.3, 0.4) is 0 Å². The van der Waals surface area contributed by atoms with E-state index >= 15 is 0 Å². The van der Waals surface area contributed by atoms with Crippen LogP contribution >= 0.6 is 11.3 Å². The molecule has 41 heavy (non-hydrogen) atoms. The molecule has 1 fully saturated rings. The quantitative estimate of drug-likeness (QED) is 0.174. The molecule has 3 heterocycles. The summed E-state index contributed by atoms with van der Waals surface area (Å²) in [5.41, 5.74) is 21.7. The lowest BCUT2D eigenvalue weighted by Crippen LogP contribution is -2.53. The number of carbonyl (C=O) groups excluding carboxylic acids is 3. The standard InChI is InChI=1S/C30H29N7O3S/c1-2-22(38)36-19-6-3-7-20(19)37-29(40)27-24-23-17(8-9-18(31)26(23)41-27)30(33,28(39)25(24)32)16-10-12-35-21(13-16)15-5-4-11-34-14-15/h2,4-5,8-14,19-20,25H,1,3,6-7,31-33H2,(H,36,38)(H,37,40)/t19-,20-,25?,30?/m1/s1. The van der Waals surface area contributed by atoms with Crippen molar-refractivity contribution < 1.29 is 14.4 Å². The zero-order valence-corrected chi connectivity index (χ0v) is 22.9. The van der Waals surface area contributed by atoms with Crippen LogP contribution in [-0.2, 0) is 15.1 Å². The average molecular weight is 568 g/mol. The van der Waals surface area contributed by atoms with E-state index in [0.29, 0.717) is 49.5 Å². The van der Waals surface area contributed by atoms with Gasteiger partial charge in [-0.2, -0.15) is 0 Å². The van der Waals surface area contributed by atoms with Crippen molar-refractivity contribution in [1.82, 2.24) is 20.6 Å². The minimum absolute atomic E-state index is 0.219. The number of hydrogen-bond acceptors (Lipinski definition) is 9. The van der Waals surface area contributed by atoms with Gasteiger partial charge in [0, 0.05) is 52.9 Å². The molecule has 0 bridgehead atoms. The maximum Gasteiger partial charge on any atom is 0.262 e. The molecule has 1 saturated carbocycles. The highest BCUT2D eigenvalue weighted by molar-refractivity contribution is 7.21. The van der Waals surface area contributed by atoms with Crippen molar-refractivity contribution in [1.29, 1.82) is 0 Å². The maximum atomic E-state index is 14.1. The van der Waals surface area contributed by atoms with Crippen molar-refractivity contribution in [2.24, 2.45) is 11.5 Å². The number of nitrogens with zero attached hydrogens (tertiary/aromatic N) is 2. The van der Waals surface area contributed by atoms with Crippen molar-refractivity contribution in [3.63, 3.8) is 0 Å². The summed E-state index contributed by atoms with van der Waals surface area (Å²) in [5, 5.41) is 6.57. The smallest absolute Gasteiger partial charge is 0.262 e. The number of carbonyl (C=O) groups is 3. The number of ketones is 1. The van der Waals surface area contributed by atoms with E-state index in [4.69, 9.17) is 17.2 Å². The minimum Gasteiger partial charge on any atom is -0.398 e. The van der Waals surface area contributed by atoms with Crippen LogP contribution in [0.2, 0.25) is 0 Å². The minimum atomic E-state index is -1.60. The summed E-state index contributed by atoms with van der Waals surface area (Å²) >= 11 is 1.19. The third-order valence-electron chi connectivity index (χ3n) is 8.04. The van der Waals surface area contributed by atoms with Gasteiger partial charge in [0.15, 0.2) is 5.78 Å². The lowest BCUT2D eigenvalue weighted by Gasteiger charge is -2.36. The molecule has 2 unspecified atom stereocenters. The van der Waals surface area contributed by atoms with Crippen molar-refractivity contribution in [2.75, 3.05) is 5.73 Å². The molecule has 1 aromatic carbocycles. The Kier molecular flexibility index (Phi) is 6.65. The fourth-order valence-electron chi connectivity index (χ4n) is 5.98. The predicted molar refractivity (Wildman–Crippen MR) is 158 cm³/mol. The van der Waals surface area contributed by atoms with E-state index in [1.165, 1.54) is 17.4 Å². The van der Waals surface area contributed by atoms with Crippen LogP contribution in [0.15, 0.2) is 67.6 Å². The molecule has 4 atom stereocenters. The van der Waals surface area contributed by atoms with Crippen LogP contribution in [0.4, 0.5) is 5.69 Å². The number of amides is 2. The zero-order chi connectivity index (χ0) is 28.9. The molecule has 2 aliphatic carbocycles. The second-order valence-electron chi connectivity index (χ2n) is 10.4. The van der Waals surface area contributed by atoms with Gasteiger partial charge in [0.25, 0.3) is 5.91 Å². The highest BCUT2D eigenvalue weighted by Crippen LogP contribution is 2.49. The van der Waals surface area contributed by atoms with E-state index in [9.17, 15) is 14.4 Å². The van der Waals surface area contributed by atoms with E-state index in [1.54, 1.807) is 48.9 Å². The number of hydrogen-bond donors (Lipinski definition) is 5. The van der Waals surface area contributed by atoms with E-state index in [-0.39, 0.29) is 23.9 Å². The first-order valence-electron chi connectivity index (χ1n) is 13.3. The number of nitrogens with two attached hydrogens (primary N) is 3. The van der Waals surface area contributed by atoms with Gasteiger partial charge >= 0.3 is 0 Å². The van der Waals surface area contributed by atoms with Gasteiger partial charge < -0.3 is 27.8 Å². The summed E-state index contributed by atoms with van der Waals surface area (Å²) in [7, 11) is 0. The number of rotatable bonds is 6. The van der Waals surface area contributed by atoms with Gasteiger partial charge in [-0.25, -0.2) is 0 Å². The monoisotopic (exact) mass is 567 g/mol. The number of benzene rings is 1. The molecular formula is C30H29N7O3S. The number of pyridine rings is 2. The second-order valence-corrected chi connectivity index (χ2v) is 11.4. The Balaban J connectivity index is 1.44. The Morgan fingerprint density at radius 2 is 1.90 bits per heavy atom. The topological polar surface area (TPSA) is 179 Å². The third kappa shape index (κ3) is 4.29. The molecular weight excluding hydrogens is 538 g/mol. The van der Waals surface area contributed by atoms with Crippen molar-refractivity contribution in [3.8, 4) is 11.3 Å². The Morgan fingerprint density at radius 1 is 1.12 bits per heavy atom. The van der Waals surface area contributed by atoms with Gasteiger partial charge in [-0.1, -0.05) is 12.6 Å². The number of nitrogen functional groups attached to an aromatic ring is 1. The number of anilines is 1. The molecule has 2 aliphatic rings. The maximum absolute atomic E-state index is 14.1. The number of Topliss-reactive ketones (excluding diaryl/α,β-unsaturated/α-hetero) is 1. The largest absolute Gasteiger partial charge is 0.398 e. The summed E-state index contributed by atoms with van der Waals surface area (Å²) < 4.78 is 0.643. The molecule has 208 valence electrons. The second kappa shape index (κ2) is 10.2. The molecule has 0 saturated heterocycles. The van der Waals surface area contributed by atoms with Crippen LogP contribution in [0.1, 0.15) is 51.7 Å². The van der Waals surface area contributed by atoms with Crippen LogP contribution in [-0.4, -0.2) is 39.6 Å². The van der Waals surface area contributed by atoms with Crippen molar-refractivity contribution >= 4 is 44.7 Å². The van der Waals surface area contributed by atoms with Crippen LogP contribution in [0.25, 0.3) is 21.3 Å². The van der Waals surface area contributed by atoms with Gasteiger partial charge in [-0.3, -0.25) is 24.4 Å². The van der Waals surface area contributed by atoms with E-state index < -0.39 is 17.4 Å². The number of aromatic nitrogens is 2. The fraction of sp³-hybridized carbons (Fsp3) is 0.233. The summed E-state index contributed by atoms with van der Waals surface area (Å²) in [5.74, 6) is -1.10. The van der Waals surface area contributed by atoms with Gasteiger partial charge in [-0.15, -0.1) is 11.3 Å². The highest BCUT2D eigenvalue weighted by Gasteiger charge is 2.49. The summed E-state index contributed by atoms with van der Waals surface area (Å²) in [6.07, 6.45) is 8.47. The molecule has 0 aliphatic heterocycles. The van der Waals surface area contributed by atoms with Crippen molar-refractivity contribution in [2.45, 2.75) is 42.9 Å². The van der Waals surface area contributed by atoms with E-state index in [1.807, 2.05) is 6.07 Å². The Labute approximate surface area is 240 Å².